The van der Waals surface area contributed by atoms with E-state index in [1.165, 1.54) is 17.0 Å². The molecule has 7 nitrogen and oxygen atoms in total. The van der Waals surface area contributed by atoms with Gasteiger partial charge in [0.1, 0.15) is 10.7 Å². The SMILES string of the molecule is N#CCC[NH+]1CCN(C(=S)c2ccc(-c3ccc([N+](=O)[O-])cc3)o2)CC1. The van der Waals surface area contributed by atoms with Gasteiger partial charge >= 0.3 is 0 Å². The maximum atomic E-state index is 10.7. The summed E-state index contributed by atoms with van der Waals surface area (Å²) in [7, 11) is 0. The fraction of sp³-hybridized carbons (Fsp3) is 0.333. The molecule has 1 aromatic heterocycles. The molecule has 0 atom stereocenters. The number of benzene rings is 1. The summed E-state index contributed by atoms with van der Waals surface area (Å²) < 4.78 is 5.87. The minimum absolute atomic E-state index is 0.0489. The van der Waals surface area contributed by atoms with Crippen LogP contribution in [0.25, 0.3) is 11.3 Å². The molecule has 1 aliphatic rings. The standard InChI is InChI=1S/C18H18N4O3S/c19-8-1-9-20-10-12-21(13-11-20)18(26)17-7-6-16(25-17)14-2-4-15(5-3-14)22(23)24/h2-7H,1,9-13H2/p+1. The van der Waals surface area contributed by atoms with Crippen LogP contribution in [0.4, 0.5) is 5.69 Å². The van der Waals surface area contributed by atoms with E-state index in [0.717, 1.165) is 38.3 Å². The third-order valence-corrected chi connectivity index (χ3v) is 4.99. The molecule has 0 unspecified atom stereocenters. The number of non-ortho nitro benzene ring substituents is 1. The van der Waals surface area contributed by atoms with Gasteiger partial charge in [-0.3, -0.25) is 10.1 Å². The highest BCUT2D eigenvalue weighted by atomic mass is 32.1. The van der Waals surface area contributed by atoms with Crippen molar-refractivity contribution in [2.45, 2.75) is 6.42 Å². The normalized spacial score (nSPS) is 14.8. The molecule has 2 aromatic rings. The molecule has 2 heterocycles. The topological polar surface area (TPSA) is 87.8 Å². The Hall–Kier alpha value is -2.76. The van der Waals surface area contributed by atoms with Gasteiger partial charge in [-0.2, -0.15) is 5.26 Å². The number of nitrogens with zero attached hydrogens (tertiary/aromatic N) is 3. The molecule has 8 heteroatoms. The van der Waals surface area contributed by atoms with Crippen LogP contribution in [0.2, 0.25) is 0 Å². The van der Waals surface area contributed by atoms with E-state index in [2.05, 4.69) is 11.0 Å². The van der Waals surface area contributed by atoms with Crippen molar-refractivity contribution in [3.8, 4) is 17.4 Å². The van der Waals surface area contributed by atoms with Crippen LogP contribution in [0.1, 0.15) is 12.2 Å². The Morgan fingerprint density at radius 2 is 1.96 bits per heavy atom. The molecule has 0 amide bonds. The van der Waals surface area contributed by atoms with Crippen molar-refractivity contribution >= 4 is 22.9 Å². The number of nitriles is 1. The Bertz CT molecular complexity index is 833. The third-order valence-electron chi connectivity index (χ3n) is 4.53. The summed E-state index contributed by atoms with van der Waals surface area (Å²) in [5.74, 6) is 1.27. The molecule has 3 rings (SSSR count). The van der Waals surface area contributed by atoms with E-state index in [4.69, 9.17) is 21.9 Å². The molecule has 134 valence electrons. The molecule has 0 bridgehead atoms. The Balaban J connectivity index is 1.63. The minimum Gasteiger partial charge on any atom is -0.454 e. The van der Waals surface area contributed by atoms with Crippen LogP contribution in [0.5, 0.6) is 0 Å². The highest BCUT2D eigenvalue weighted by molar-refractivity contribution is 7.80. The Morgan fingerprint density at radius 3 is 2.58 bits per heavy atom. The van der Waals surface area contributed by atoms with E-state index < -0.39 is 4.92 Å². The zero-order chi connectivity index (χ0) is 18.5. The Morgan fingerprint density at radius 1 is 1.27 bits per heavy atom. The molecule has 0 spiro atoms. The summed E-state index contributed by atoms with van der Waals surface area (Å²) in [5, 5.41) is 19.4. The zero-order valence-electron chi connectivity index (χ0n) is 14.2. The second-order valence-electron chi connectivity index (χ2n) is 6.17. The number of rotatable bonds is 5. The van der Waals surface area contributed by atoms with Crippen molar-refractivity contribution in [2.24, 2.45) is 0 Å². The number of thiocarbonyl (C=S) groups is 1. The second kappa shape index (κ2) is 8.08. The number of piperazine rings is 1. The molecule has 26 heavy (non-hydrogen) atoms. The quantitative estimate of drug-likeness (QED) is 0.488. The number of nitrogens with one attached hydrogen (secondary N) is 1. The molecule has 0 saturated carbocycles. The number of hydrogen-bond donors (Lipinski definition) is 1. The number of hydrogen-bond acceptors (Lipinski definition) is 5. The summed E-state index contributed by atoms with van der Waals surface area (Å²) in [6, 6.07) is 12.1. The first-order chi connectivity index (χ1) is 12.6. The highest BCUT2D eigenvalue weighted by Crippen LogP contribution is 2.25. The monoisotopic (exact) mass is 371 g/mol. The molecule has 1 aliphatic heterocycles. The summed E-state index contributed by atoms with van der Waals surface area (Å²) in [6.07, 6.45) is 0.580. The second-order valence-corrected chi connectivity index (χ2v) is 6.55. The average molecular weight is 371 g/mol. The first-order valence-electron chi connectivity index (χ1n) is 8.43. The lowest BCUT2D eigenvalue weighted by Gasteiger charge is -2.32. The van der Waals surface area contributed by atoms with E-state index in [1.54, 1.807) is 12.1 Å². The fourth-order valence-corrected chi connectivity index (χ4v) is 3.31. The first kappa shape index (κ1) is 18.0. The molecule has 0 radical (unpaired) electrons. The molecule has 0 aliphatic carbocycles. The predicted octanol–water partition coefficient (Wildman–Crippen LogP) is 1.64. The van der Waals surface area contributed by atoms with Gasteiger partial charge in [0.2, 0.25) is 0 Å². The van der Waals surface area contributed by atoms with Gasteiger partial charge in [0.05, 0.1) is 50.1 Å². The lowest BCUT2D eigenvalue weighted by Crippen LogP contribution is -3.14. The fourth-order valence-electron chi connectivity index (χ4n) is 3.02. The van der Waals surface area contributed by atoms with Crippen LogP contribution in [-0.2, 0) is 0 Å². The smallest absolute Gasteiger partial charge is 0.269 e. The van der Waals surface area contributed by atoms with Gasteiger partial charge in [0.15, 0.2) is 5.76 Å². The van der Waals surface area contributed by atoms with E-state index in [1.807, 2.05) is 12.1 Å². The van der Waals surface area contributed by atoms with Crippen molar-refractivity contribution in [1.82, 2.24) is 4.90 Å². The van der Waals surface area contributed by atoms with Crippen molar-refractivity contribution in [2.75, 3.05) is 32.7 Å². The van der Waals surface area contributed by atoms with Gasteiger partial charge in [-0.05, 0) is 24.3 Å². The van der Waals surface area contributed by atoms with E-state index >= 15 is 0 Å². The van der Waals surface area contributed by atoms with Gasteiger partial charge in [0.25, 0.3) is 5.69 Å². The van der Waals surface area contributed by atoms with Crippen molar-refractivity contribution in [3.05, 3.63) is 52.3 Å². The average Bonchev–Trinajstić information content (AvgIpc) is 3.16. The highest BCUT2D eigenvalue weighted by Gasteiger charge is 2.23. The lowest BCUT2D eigenvalue weighted by atomic mass is 10.1. The van der Waals surface area contributed by atoms with Crippen molar-refractivity contribution in [3.63, 3.8) is 0 Å². The van der Waals surface area contributed by atoms with Crippen LogP contribution < -0.4 is 4.90 Å². The Labute approximate surface area is 156 Å². The molecule has 1 fully saturated rings. The van der Waals surface area contributed by atoms with Crippen molar-refractivity contribution < 1.29 is 14.2 Å². The van der Waals surface area contributed by atoms with Gasteiger partial charge < -0.3 is 14.2 Å². The van der Waals surface area contributed by atoms with Crippen LogP contribution in [0.15, 0.2) is 40.8 Å². The maximum absolute atomic E-state index is 10.7. The third kappa shape index (κ3) is 4.07. The first-order valence-corrected chi connectivity index (χ1v) is 8.84. The van der Waals surface area contributed by atoms with E-state index in [-0.39, 0.29) is 5.69 Å². The molecular formula is C18H19N4O3S+. The van der Waals surface area contributed by atoms with Gasteiger partial charge in [-0.15, -0.1) is 0 Å². The number of nitro benzene ring substituents is 1. The largest absolute Gasteiger partial charge is 0.454 e. The number of nitro groups is 1. The summed E-state index contributed by atoms with van der Waals surface area (Å²) in [5.41, 5.74) is 0.822. The maximum Gasteiger partial charge on any atom is 0.269 e. The zero-order valence-corrected chi connectivity index (χ0v) is 15.0. The van der Waals surface area contributed by atoms with Gasteiger partial charge in [0, 0.05) is 17.7 Å². The van der Waals surface area contributed by atoms with Crippen LogP contribution >= 0.6 is 12.2 Å². The van der Waals surface area contributed by atoms with Gasteiger partial charge in [-0.25, -0.2) is 0 Å². The Kier molecular flexibility index (Phi) is 5.61. The summed E-state index contributed by atoms with van der Waals surface area (Å²) in [6.45, 7) is 4.47. The van der Waals surface area contributed by atoms with Crippen LogP contribution in [0.3, 0.4) is 0 Å². The number of furan rings is 1. The summed E-state index contributed by atoms with van der Waals surface area (Å²) in [4.78, 5) is 14.5. The predicted molar refractivity (Wildman–Crippen MR) is 99.9 cm³/mol. The molecular weight excluding hydrogens is 352 g/mol. The molecule has 1 N–H and O–H groups in total. The molecule has 1 aromatic carbocycles. The van der Waals surface area contributed by atoms with Gasteiger partial charge in [-0.1, -0.05) is 12.2 Å². The van der Waals surface area contributed by atoms with E-state index in [9.17, 15) is 10.1 Å². The van der Waals surface area contributed by atoms with Crippen LogP contribution in [-0.4, -0.2) is 47.5 Å². The van der Waals surface area contributed by atoms with Crippen LogP contribution in [0, 0.1) is 21.4 Å². The molecule has 1 saturated heterocycles. The van der Waals surface area contributed by atoms with Crippen molar-refractivity contribution in [1.29, 1.82) is 5.26 Å². The number of quaternary nitrogens is 1. The summed E-state index contributed by atoms with van der Waals surface area (Å²) >= 11 is 5.57. The van der Waals surface area contributed by atoms with E-state index in [0.29, 0.717) is 22.9 Å². The lowest BCUT2D eigenvalue weighted by molar-refractivity contribution is -0.903. The minimum atomic E-state index is -0.426.